The lowest BCUT2D eigenvalue weighted by Crippen LogP contribution is -2.20. The Morgan fingerprint density at radius 3 is 2.58 bits per heavy atom. The highest BCUT2D eigenvalue weighted by Crippen LogP contribution is 2.23. The van der Waals surface area contributed by atoms with Gasteiger partial charge in [0.05, 0.1) is 9.21 Å². The van der Waals surface area contributed by atoms with Crippen LogP contribution in [0.2, 0.25) is 4.34 Å². The van der Waals surface area contributed by atoms with Crippen LogP contribution < -0.4 is 0 Å². The van der Waals surface area contributed by atoms with E-state index in [9.17, 15) is 4.79 Å². The van der Waals surface area contributed by atoms with Gasteiger partial charge in [0.25, 0.3) is 0 Å². The fraction of sp³-hybridized carbons (Fsp3) is 0.667. The van der Waals surface area contributed by atoms with Crippen LogP contribution in [0.5, 0.6) is 0 Å². The van der Waals surface area contributed by atoms with Gasteiger partial charge in [0.2, 0.25) is 5.78 Å². The second-order valence-electron chi connectivity index (χ2n) is 4.75. The zero-order valence-electron chi connectivity index (χ0n) is 11.8. The van der Waals surface area contributed by atoms with E-state index in [1.165, 1.54) is 43.4 Å². The minimum absolute atomic E-state index is 0.0304. The smallest absolute Gasteiger partial charge is 0.201 e. The van der Waals surface area contributed by atoms with Crippen LogP contribution in [0.15, 0.2) is 12.1 Å². The van der Waals surface area contributed by atoms with Crippen molar-refractivity contribution in [2.24, 2.45) is 0 Å². The molecule has 0 saturated heterocycles. The molecule has 0 aromatic carbocycles. The van der Waals surface area contributed by atoms with E-state index < -0.39 is 0 Å². The Hall–Kier alpha value is -0.380. The Bertz CT molecular complexity index is 376. The highest BCUT2D eigenvalue weighted by atomic mass is 35.5. The Kier molecular flexibility index (Phi) is 8.35. The molecule has 1 heterocycles. The summed E-state index contributed by atoms with van der Waals surface area (Å²) >= 11 is 7.13. The zero-order chi connectivity index (χ0) is 14.1. The molecule has 0 radical (unpaired) electrons. The lowest BCUT2D eigenvalue weighted by atomic mass is 10.1. The van der Waals surface area contributed by atoms with Crippen molar-refractivity contribution < 1.29 is 9.53 Å². The van der Waals surface area contributed by atoms with Gasteiger partial charge in [0.15, 0.2) is 0 Å². The van der Waals surface area contributed by atoms with E-state index >= 15 is 0 Å². The number of carbonyl (C=O) groups is 1. The van der Waals surface area contributed by atoms with Gasteiger partial charge in [-0.25, -0.2) is 0 Å². The number of carbonyl (C=O) groups excluding carboxylic acids is 1. The summed E-state index contributed by atoms with van der Waals surface area (Å²) in [4.78, 5) is 12.7. The maximum Gasteiger partial charge on any atom is 0.201 e. The summed E-state index contributed by atoms with van der Waals surface area (Å²) in [5.41, 5.74) is 0. The Morgan fingerprint density at radius 1 is 1.26 bits per heavy atom. The number of halogens is 1. The van der Waals surface area contributed by atoms with Crippen molar-refractivity contribution in [3.63, 3.8) is 0 Å². The van der Waals surface area contributed by atoms with Crippen LogP contribution in [0.1, 0.15) is 62.0 Å². The largest absolute Gasteiger partial charge is 0.370 e. The summed E-state index contributed by atoms with van der Waals surface area (Å²) in [7, 11) is 0. The summed E-state index contributed by atoms with van der Waals surface area (Å²) in [6.07, 6.45) is 7.00. The fourth-order valence-electron chi connectivity index (χ4n) is 1.87. The molecule has 1 rings (SSSR count). The molecule has 0 aliphatic carbocycles. The van der Waals surface area contributed by atoms with Gasteiger partial charge >= 0.3 is 0 Å². The van der Waals surface area contributed by atoms with Gasteiger partial charge in [-0.3, -0.25) is 4.79 Å². The average molecular weight is 303 g/mol. The molecule has 1 aromatic heterocycles. The molecule has 1 unspecified atom stereocenters. The standard InChI is InChI=1S/C15H23ClO2S/c1-3-4-5-6-7-8-11-18-12(2)15(17)13-9-10-14(16)19-13/h9-10,12H,3-8,11H2,1-2H3. The van der Waals surface area contributed by atoms with Gasteiger partial charge in [0, 0.05) is 6.61 Å². The minimum atomic E-state index is -0.370. The molecule has 0 amide bonds. The van der Waals surface area contributed by atoms with Crippen molar-refractivity contribution in [1.82, 2.24) is 0 Å². The zero-order valence-corrected chi connectivity index (χ0v) is 13.4. The summed E-state index contributed by atoms with van der Waals surface area (Å²) < 4.78 is 6.23. The fourth-order valence-corrected chi connectivity index (χ4v) is 2.93. The predicted molar refractivity (Wildman–Crippen MR) is 82.4 cm³/mol. The van der Waals surface area contributed by atoms with Crippen molar-refractivity contribution >= 4 is 28.7 Å². The van der Waals surface area contributed by atoms with Crippen LogP contribution in [0.25, 0.3) is 0 Å². The summed E-state index contributed by atoms with van der Waals surface area (Å²) in [5.74, 6) is 0.0304. The van der Waals surface area contributed by atoms with Crippen LogP contribution in [0.4, 0.5) is 0 Å². The first-order valence-electron chi connectivity index (χ1n) is 7.06. The molecule has 4 heteroatoms. The molecule has 0 saturated carbocycles. The lowest BCUT2D eigenvalue weighted by Gasteiger charge is -2.10. The van der Waals surface area contributed by atoms with Gasteiger partial charge in [-0.05, 0) is 25.5 Å². The predicted octanol–water partition coefficient (Wildman–Crippen LogP) is 5.35. The van der Waals surface area contributed by atoms with Crippen LogP contribution in [-0.4, -0.2) is 18.5 Å². The van der Waals surface area contributed by atoms with E-state index in [0.717, 1.165) is 6.42 Å². The van der Waals surface area contributed by atoms with Gasteiger partial charge in [0.1, 0.15) is 6.10 Å². The molecule has 0 bridgehead atoms. The third-order valence-electron chi connectivity index (χ3n) is 3.05. The van der Waals surface area contributed by atoms with E-state index in [1.54, 1.807) is 12.1 Å². The number of hydrogen-bond acceptors (Lipinski definition) is 3. The number of rotatable bonds is 10. The van der Waals surface area contributed by atoms with Gasteiger partial charge in [-0.2, -0.15) is 0 Å². The number of unbranched alkanes of at least 4 members (excludes halogenated alkanes) is 5. The van der Waals surface area contributed by atoms with Crippen LogP contribution >= 0.6 is 22.9 Å². The van der Waals surface area contributed by atoms with Crippen molar-refractivity contribution in [2.45, 2.75) is 58.5 Å². The molecule has 0 fully saturated rings. The van der Waals surface area contributed by atoms with Crippen LogP contribution in [-0.2, 0) is 4.74 Å². The van der Waals surface area contributed by atoms with Crippen molar-refractivity contribution in [2.75, 3.05) is 6.61 Å². The average Bonchev–Trinajstić information content (AvgIpc) is 2.83. The molecule has 2 nitrogen and oxygen atoms in total. The van der Waals surface area contributed by atoms with E-state index in [0.29, 0.717) is 15.8 Å². The van der Waals surface area contributed by atoms with E-state index in [1.807, 2.05) is 6.92 Å². The van der Waals surface area contributed by atoms with Gasteiger partial charge in [-0.1, -0.05) is 50.6 Å². The van der Waals surface area contributed by atoms with Crippen molar-refractivity contribution in [3.8, 4) is 0 Å². The third-order valence-corrected chi connectivity index (χ3v) is 4.30. The first kappa shape index (κ1) is 16.7. The normalized spacial score (nSPS) is 12.6. The molecule has 0 aliphatic rings. The van der Waals surface area contributed by atoms with Gasteiger partial charge in [-0.15, -0.1) is 11.3 Å². The molecule has 0 aliphatic heterocycles. The van der Waals surface area contributed by atoms with Crippen LogP contribution in [0, 0.1) is 0 Å². The molecule has 108 valence electrons. The number of Topliss-reactive ketones (excluding diaryl/α,β-unsaturated/α-hetero) is 1. The molecule has 0 spiro atoms. The van der Waals surface area contributed by atoms with E-state index in [-0.39, 0.29) is 11.9 Å². The second kappa shape index (κ2) is 9.51. The first-order valence-corrected chi connectivity index (χ1v) is 8.25. The minimum Gasteiger partial charge on any atom is -0.370 e. The highest BCUT2D eigenvalue weighted by molar-refractivity contribution is 7.18. The van der Waals surface area contributed by atoms with E-state index in [4.69, 9.17) is 16.3 Å². The third kappa shape index (κ3) is 6.55. The number of thiophene rings is 1. The lowest BCUT2D eigenvalue weighted by molar-refractivity contribution is 0.0467. The van der Waals surface area contributed by atoms with Crippen LogP contribution in [0.3, 0.4) is 0 Å². The Balaban J connectivity index is 2.14. The SMILES string of the molecule is CCCCCCCCOC(C)C(=O)c1ccc(Cl)s1. The Labute approximate surface area is 125 Å². The molecular formula is C15H23ClO2S. The van der Waals surface area contributed by atoms with Crippen molar-refractivity contribution in [3.05, 3.63) is 21.3 Å². The maximum atomic E-state index is 12.0. The molecule has 1 aromatic rings. The summed E-state index contributed by atoms with van der Waals surface area (Å²) in [6, 6.07) is 3.51. The number of ketones is 1. The first-order chi connectivity index (χ1) is 9.15. The molecule has 19 heavy (non-hydrogen) atoms. The second-order valence-corrected chi connectivity index (χ2v) is 6.46. The Morgan fingerprint density at radius 2 is 1.95 bits per heavy atom. The molecular weight excluding hydrogens is 280 g/mol. The quantitative estimate of drug-likeness (QED) is 0.430. The van der Waals surface area contributed by atoms with E-state index in [2.05, 4.69) is 6.92 Å². The number of ether oxygens (including phenoxy) is 1. The molecule has 0 N–H and O–H groups in total. The summed E-state index contributed by atoms with van der Waals surface area (Å²) in [6.45, 7) is 4.69. The molecule has 1 atom stereocenters. The number of hydrogen-bond donors (Lipinski definition) is 0. The monoisotopic (exact) mass is 302 g/mol. The topological polar surface area (TPSA) is 26.3 Å². The summed E-state index contributed by atoms with van der Waals surface area (Å²) in [5, 5.41) is 0. The highest BCUT2D eigenvalue weighted by Gasteiger charge is 2.17. The maximum absolute atomic E-state index is 12.0. The van der Waals surface area contributed by atoms with Crippen molar-refractivity contribution in [1.29, 1.82) is 0 Å². The van der Waals surface area contributed by atoms with Gasteiger partial charge < -0.3 is 4.74 Å².